The third-order valence-electron chi connectivity index (χ3n) is 4.75. The minimum Gasteiger partial charge on any atom is -0.354 e. The second-order valence-corrected chi connectivity index (χ2v) is 11.1. The largest absolute Gasteiger partial charge is 0.354 e. The topological polar surface area (TPSA) is 86.8 Å². The Kier molecular flexibility index (Phi) is 9.72. The summed E-state index contributed by atoms with van der Waals surface area (Å²) >= 11 is 6.74. The lowest BCUT2D eigenvalue weighted by Crippen LogP contribution is -2.51. The van der Waals surface area contributed by atoms with Crippen molar-refractivity contribution in [2.75, 3.05) is 23.7 Å². The SMILES string of the molecule is CCCNC(=O)[C@@H](C)N(Cc1cccc(Br)c1)C(=O)CN(c1ccc(Br)cc1)S(C)(=O)=O. The zero-order valence-corrected chi connectivity index (χ0v) is 22.2. The van der Waals surface area contributed by atoms with Crippen LogP contribution in [0.4, 0.5) is 5.69 Å². The number of sulfonamides is 1. The van der Waals surface area contributed by atoms with E-state index in [2.05, 4.69) is 37.2 Å². The monoisotopic (exact) mass is 587 g/mol. The second-order valence-electron chi connectivity index (χ2n) is 7.36. The maximum absolute atomic E-state index is 13.4. The number of nitrogens with zero attached hydrogens (tertiary/aromatic N) is 2. The van der Waals surface area contributed by atoms with Gasteiger partial charge in [0, 0.05) is 22.0 Å². The van der Waals surface area contributed by atoms with Crippen LogP contribution in [0.3, 0.4) is 0 Å². The van der Waals surface area contributed by atoms with Gasteiger partial charge in [-0.2, -0.15) is 0 Å². The number of nitrogens with one attached hydrogen (secondary N) is 1. The van der Waals surface area contributed by atoms with E-state index in [0.29, 0.717) is 12.2 Å². The van der Waals surface area contributed by atoms with Crippen LogP contribution in [0.1, 0.15) is 25.8 Å². The Hall–Kier alpha value is -1.91. The maximum atomic E-state index is 13.4. The summed E-state index contributed by atoms with van der Waals surface area (Å²) in [6.07, 6.45) is 1.82. The number of carbonyl (C=O) groups is 2. The number of benzene rings is 2. The zero-order valence-electron chi connectivity index (χ0n) is 18.2. The van der Waals surface area contributed by atoms with Crippen molar-refractivity contribution >= 4 is 59.4 Å². The van der Waals surface area contributed by atoms with Crippen LogP contribution in [-0.4, -0.2) is 50.5 Å². The average molecular weight is 589 g/mol. The van der Waals surface area contributed by atoms with Crippen LogP contribution < -0.4 is 9.62 Å². The molecule has 10 heteroatoms. The van der Waals surface area contributed by atoms with Crippen molar-refractivity contribution in [2.24, 2.45) is 0 Å². The van der Waals surface area contributed by atoms with E-state index in [9.17, 15) is 18.0 Å². The first kappa shape index (κ1) is 26.3. The van der Waals surface area contributed by atoms with Crippen LogP contribution in [-0.2, 0) is 26.2 Å². The second kappa shape index (κ2) is 11.8. The molecule has 2 rings (SSSR count). The molecule has 0 heterocycles. The molecule has 7 nitrogen and oxygen atoms in total. The summed E-state index contributed by atoms with van der Waals surface area (Å²) in [6, 6.07) is 13.3. The Morgan fingerprint density at radius 1 is 1.06 bits per heavy atom. The summed E-state index contributed by atoms with van der Waals surface area (Å²) in [5.74, 6) is -0.762. The predicted octanol–water partition coefficient (Wildman–Crippen LogP) is 3.92. The molecule has 0 spiro atoms. The van der Waals surface area contributed by atoms with Gasteiger partial charge in [0.2, 0.25) is 21.8 Å². The van der Waals surface area contributed by atoms with Gasteiger partial charge < -0.3 is 10.2 Å². The number of rotatable bonds is 10. The molecular weight excluding hydrogens is 562 g/mol. The fourth-order valence-electron chi connectivity index (χ4n) is 3.03. The van der Waals surface area contributed by atoms with Crippen LogP contribution >= 0.6 is 31.9 Å². The number of hydrogen-bond donors (Lipinski definition) is 1. The van der Waals surface area contributed by atoms with Crippen LogP contribution in [0.25, 0.3) is 0 Å². The highest BCUT2D eigenvalue weighted by atomic mass is 79.9. The van der Waals surface area contributed by atoms with Crippen molar-refractivity contribution in [3.63, 3.8) is 0 Å². The minimum absolute atomic E-state index is 0.164. The lowest BCUT2D eigenvalue weighted by molar-refractivity contribution is -0.139. The standard InChI is InChI=1S/C22H27Br2N3O4S/c1-4-12-25-22(29)16(2)26(14-17-6-5-7-19(24)13-17)21(28)15-27(32(3,30)31)20-10-8-18(23)9-11-20/h5-11,13,16H,4,12,14-15H2,1-3H3,(H,25,29)/t16-/m1/s1. The van der Waals surface area contributed by atoms with E-state index in [-0.39, 0.29) is 12.5 Å². The van der Waals surface area contributed by atoms with E-state index in [4.69, 9.17) is 0 Å². The molecule has 0 fully saturated rings. The molecule has 1 atom stereocenters. The lowest BCUT2D eigenvalue weighted by atomic mass is 10.1. The number of hydrogen-bond acceptors (Lipinski definition) is 4. The highest BCUT2D eigenvalue weighted by molar-refractivity contribution is 9.10. The Morgan fingerprint density at radius 2 is 1.72 bits per heavy atom. The first-order chi connectivity index (χ1) is 15.0. The molecule has 2 aromatic rings. The quantitative estimate of drug-likeness (QED) is 0.456. The minimum atomic E-state index is -3.74. The van der Waals surface area contributed by atoms with Crippen molar-refractivity contribution in [2.45, 2.75) is 32.9 Å². The smallest absolute Gasteiger partial charge is 0.244 e. The van der Waals surface area contributed by atoms with Gasteiger partial charge in [-0.1, -0.05) is 50.9 Å². The van der Waals surface area contributed by atoms with E-state index in [1.165, 1.54) is 4.90 Å². The summed E-state index contributed by atoms with van der Waals surface area (Å²) in [5, 5.41) is 2.81. The molecule has 2 aromatic carbocycles. The molecule has 0 unspecified atom stereocenters. The Morgan fingerprint density at radius 3 is 2.28 bits per heavy atom. The fourth-order valence-corrected chi connectivity index (χ4v) is 4.59. The number of amides is 2. The molecule has 0 aliphatic carbocycles. The highest BCUT2D eigenvalue weighted by Gasteiger charge is 2.30. The van der Waals surface area contributed by atoms with Gasteiger partial charge in [0.1, 0.15) is 12.6 Å². The molecular formula is C22H27Br2N3O4S. The van der Waals surface area contributed by atoms with Crippen molar-refractivity contribution in [1.82, 2.24) is 10.2 Å². The van der Waals surface area contributed by atoms with Crippen molar-refractivity contribution in [3.05, 3.63) is 63.0 Å². The van der Waals surface area contributed by atoms with Gasteiger partial charge in [-0.3, -0.25) is 13.9 Å². The van der Waals surface area contributed by atoms with Crippen molar-refractivity contribution in [1.29, 1.82) is 0 Å². The van der Waals surface area contributed by atoms with Gasteiger partial charge in [-0.25, -0.2) is 8.42 Å². The Bertz CT molecular complexity index is 1050. The third kappa shape index (κ3) is 7.60. The maximum Gasteiger partial charge on any atom is 0.244 e. The van der Waals surface area contributed by atoms with Gasteiger partial charge in [0.15, 0.2) is 0 Å². The summed E-state index contributed by atoms with van der Waals surface area (Å²) in [4.78, 5) is 27.4. The molecule has 174 valence electrons. The lowest BCUT2D eigenvalue weighted by Gasteiger charge is -2.31. The van der Waals surface area contributed by atoms with Gasteiger partial charge >= 0.3 is 0 Å². The van der Waals surface area contributed by atoms with Crippen LogP contribution in [0, 0.1) is 0 Å². The highest BCUT2D eigenvalue weighted by Crippen LogP contribution is 2.22. The summed E-state index contributed by atoms with van der Waals surface area (Å²) < 4.78 is 27.6. The number of halogens is 2. The number of anilines is 1. The molecule has 0 aliphatic heterocycles. The van der Waals surface area contributed by atoms with Gasteiger partial charge in [0.25, 0.3) is 0 Å². The zero-order chi connectivity index (χ0) is 23.9. The molecule has 2 amide bonds. The van der Waals surface area contributed by atoms with E-state index < -0.39 is 28.5 Å². The van der Waals surface area contributed by atoms with Crippen molar-refractivity contribution in [3.8, 4) is 0 Å². The molecule has 0 bridgehead atoms. The van der Waals surface area contributed by atoms with E-state index in [0.717, 1.165) is 31.5 Å². The molecule has 0 aliphatic rings. The summed E-state index contributed by atoms with van der Waals surface area (Å²) in [5.41, 5.74) is 1.19. The normalized spacial score (nSPS) is 12.2. The first-order valence-corrected chi connectivity index (χ1v) is 13.5. The van der Waals surface area contributed by atoms with Gasteiger partial charge in [-0.05, 0) is 55.3 Å². The summed E-state index contributed by atoms with van der Waals surface area (Å²) in [7, 11) is -3.74. The predicted molar refractivity (Wildman–Crippen MR) is 134 cm³/mol. The third-order valence-corrected chi connectivity index (χ3v) is 6.91. The van der Waals surface area contributed by atoms with Crippen LogP contribution in [0.5, 0.6) is 0 Å². The molecule has 32 heavy (non-hydrogen) atoms. The molecule has 0 saturated heterocycles. The Balaban J connectivity index is 2.35. The van der Waals surface area contributed by atoms with E-state index >= 15 is 0 Å². The van der Waals surface area contributed by atoms with Crippen LogP contribution in [0.15, 0.2) is 57.5 Å². The fraction of sp³-hybridized carbons (Fsp3) is 0.364. The van der Waals surface area contributed by atoms with Gasteiger partial charge in [-0.15, -0.1) is 0 Å². The first-order valence-electron chi connectivity index (χ1n) is 10.1. The van der Waals surface area contributed by atoms with E-state index in [1.54, 1.807) is 31.2 Å². The molecule has 0 saturated carbocycles. The van der Waals surface area contributed by atoms with Gasteiger partial charge in [0.05, 0.1) is 11.9 Å². The Labute approximate surface area is 206 Å². The van der Waals surface area contributed by atoms with E-state index in [1.807, 2.05) is 31.2 Å². The van der Waals surface area contributed by atoms with Crippen molar-refractivity contribution < 1.29 is 18.0 Å². The van der Waals surface area contributed by atoms with Crippen LogP contribution in [0.2, 0.25) is 0 Å². The number of carbonyl (C=O) groups excluding carboxylic acids is 2. The molecule has 0 radical (unpaired) electrons. The average Bonchev–Trinajstić information content (AvgIpc) is 2.73. The molecule has 1 N–H and O–H groups in total. The molecule has 0 aromatic heterocycles. The summed E-state index contributed by atoms with van der Waals surface area (Å²) in [6.45, 7) is 3.83.